The van der Waals surface area contributed by atoms with Crippen molar-refractivity contribution in [3.05, 3.63) is 206 Å². The zero-order chi connectivity index (χ0) is 70.3. The summed E-state index contributed by atoms with van der Waals surface area (Å²) >= 11 is 1.69. The molecule has 4 aliphatic rings. The smallest absolute Gasteiger partial charge is 0.238 e. The van der Waals surface area contributed by atoms with Crippen LogP contribution in [0.2, 0.25) is 0 Å². The van der Waals surface area contributed by atoms with Gasteiger partial charge in [0.1, 0.15) is 0 Å². The van der Waals surface area contributed by atoms with Crippen molar-refractivity contribution in [2.45, 2.75) is 89.1 Å². The quantitative estimate of drug-likeness (QED) is 0.0387. The van der Waals surface area contributed by atoms with E-state index in [0.717, 1.165) is 147 Å². The molecule has 2 saturated heterocycles. The summed E-state index contributed by atoms with van der Waals surface area (Å²) in [4.78, 5) is 86.0. The number of rotatable bonds is 18. The summed E-state index contributed by atoms with van der Waals surface area (Å²) < 4.78 is 0. The van der Waals surface area contributed by atoms with Crippen molar-refractivity contribution in [1.29, 1.82) is 0 Å². The number of aromatic nitrogens is 5. The first-order chi connectivity index (χ1) is 50.0. The fourth-order valence-corrected chi connectivity index (χ4v) is 13.5. The lowest BCUT2D eigenvalue weighted by Crippen LogP contribution is -2.46. The van der Waals surface area contributed by atoms with E-state index in [4.69, 9.17) is 0 Å². The van der Waals surface area contributed by atoms with Gasteiger partial charge < -0.3 is 47.9 Å². The van der Waals surface area contributed by atoms with Crippen LogP contribution in [-0.4, -0.2) is 155 Å². The number of hydrogen-bond acceptors (Lipinski definition) is 17. The van der Waals surface area contributed by atoms with Gasteiger partial charge in [0.2, 0.25) is 29.5 Å². The highest BCUT2D eigenvalue weighted by Crippen LogP contribution is 2.24. The summed E-state index contributed by atoms with van der Waals surface area (Å²) in [5, 5.41) is 40.9. The minimum atomic E-state index is 0.0188. The zero-order valence-electron chi connectivity index (χ0n) is 57.8. The van der Waals surface area contributed by atoms with Crippen LogP contribution >= 0.6 is 11.3 Å². The minimum absolute atomic E-state index is 0.0188. The molecular weight excluding hydrogens is 1300 g/mol. The highest BCUT2D eigenvalue weighted by Gasteiger charge is 2.18. The monoisotopic (exact) mass is 1390 g/mol. The van der Waals surface area contributed by atoms with Gasteiger partial charge in [-0.25, -0.2) is 0 Å². The van der Waals surface area contributed by atoms with Crippen molar-refractivity contribution in [1.82, 2.24) is 56.0 Å². The standard InChI is InChI=1S/C17H21N3O.C16H20N4O.C16H19N3O.C16H14N2OS.C15H18N4O/c21-17(12-19-15-4-2-1-3-5-15)20-16-7-6-14-11-18-9-8-13(14)10-16;21-16(12-20-8-1-5-17-7-9-20)19-15-3-2-14-11-18-6-4-13(14)10-15;20-16(11-18-14-3-1-2-4-14)19-15-6-5-13-10-17-8-7-12(13)9-15;19-16(6-5-15-2-1-9-20-15)18-14-4-3-13-11-17-8-7-12(13)10-14;20-15(11-19-7-5-16-6-8-19)18-14-2-1-13-10-17-4-3-12(13)9-14/h6-11,15,19H,1-5,12H2,(H,20,21);2-4,6,10-11,17H,1,5,7-9,12H2,(H,19,21);5-10,14,18H,1-4,11H2,(H,19,20);1-4,7-11H,5-6H2,(H,18,19);1-4,9-10,16H,5-8,11H2,(H,18,20). The Morgan fingerprint density at radius 3 is 1.09 bits per heavy atom. The van der Waals surface area contributed by atoms with Crippen LogP contribution in [0.3, 0.4) is 0 Å². The number of carbonyl (C=O) groups is 5. The molecule has 15 rings (SSSR count). The molecule has 0 bridgehead atoms. The van der Waals surface area contributed by atoms with Crippen LogP contribution in [0.1, 0.15) is 75.5 Å². The summed E-state index contributed by atoms with van der Waals surface area (Å²) in [6, 6.07) is 44.2. The van der Waals surface area contributed by atoms with Gasteiger partial charge in [0, 0.05) is 180 Å². The SMILES string of the molecule is O=C(CCc1cccs1)Nc1ccc2cnccc2c1.O=C(CN1CCCNCC1)Nc1ccc2cnccc2c1.O=C(CN1CCNCC1)Nc1ccc2cnccc2c1.O=C(CNC1CCCC1)Nc1ccc2cnccc2c1.O=C(CNC1CCCCC1)Nc1ccc2cnccc2c1. The topological polar surface area (TPSA) is 265 Å². The summed E-state index contributed by atoms with van der Waals surface area (Å²) in [5.41, 5.74) is 4.18. The molecule has 8 heterocycles. The molecule has 0 unspecified atom stereocenters. The van der Waals surface area contributed by atoms with Crippen LogP contribution in [0.4, 0.5) is 28.4 Å². The molecule has 22 heteroatoms. The molecule has 5 aromatic carbocycles. The molecule has 5 amide bonds. The van der Waals surface area contributed by atoms with E-state index >= 15 is 0 Å². The summed E-state index contributed by atoms with van der Waals surface area (Å²) in [6.07, 6.45) is 31.5. The number of thiophene rings is 1. The van der Waals surface area contributed by atoms with E-state index in [1.807, 2.05) is 164 Å². The fraction of sp³-hybridized carbons (Fsp3) is 0.325. The molecule has 2 aliphatic carbocycles. The summed E-state index contributed by atoms with van der Waals surface area (Å²) in [5.74, 6) is 0.178. The number of fused-ring (bicyclic) bond motifs is 5. The molecule has 0 atom stereocenters. The third kappa shape index (κ3) is 24.1. The van der Waals surface area contributed by atoms with Crippen molar-refractivity contribution < 1.29 is 24.0 Å². The number of benzene rings is 5. The predicted octanol–water partition coefficient (Wildman–Crippen LogP) is 12.2. The van der Waals surface area contributed by atoms with Crippen molar-refractivity contribution in [3.8, 4) is 0 Å². The Bertz CT molecular complexity index is 4500. The second kappa shape index (κ2) is 39.2. The Labute approximate surface area is 599 Å². The number of aryl methyl sites for hydroxylation is 1. The van der Waals surface area contributed by atoms with E-state index in [0.29, 0.717) is 44.7 Å². The van der Waals surface area contributed by atoms with Crippen LogP contribution in [0, 0.1) is 0 Å². The van der Waals surface area contributed by atoms with E-state index in [1.54, 1.807) is 42.3 Å². The van der Waals surface area contributed by atoms with Crippen molar-refractivity contribution in [2.24, 2.45) is 0 Å². The lowest BCUT2D eigenvalue weighted by Gasteiger charge is -2.26. The van der Waals surface area contributed by atoms with E-state index in [9.17, 15) is 24.0 Å². The van der Waals surface area contributed by atoms with E-state index in [1.165, 1.54) is 62.7 Å². The number of nitrogens with one attached hydrogen (secondary N) is 9. The zero-order valence-corrected chi connectivity index (χ0v) is 58.6. The summed E-state index contributed by atoms with van der Waals surface area (Å²) in [7, 11) is 0. The third-order valence-electron chi connectivity index (χ3n) is 18.2. The van der Waals surface area contributed by atoms with Gasteiger partial charge in [-0.05, 0) is 181 Å². The molecule has 528 valence electrons. The van der Waals surface area contributed by atoms with Gasteiger partial charge in [0.25, 0.3) is 0 Å². The molecule has 0 radical (unpaired) electrons. The second-order valence-electron chi connectivity index (χ2n) is 26.0. The van der Waals surface area contributed by atoms with E-state index < -0.39 is 0 Å². The Morgan fingerprint density at radius 2 is 0.716 bits per heavy atom. The summed E-state index contributed by atoms with van der Waals surface area (Å²) in [6.45, 7) is 9.35. The normalized spacial score (nSPS) is 15.0. The molecule has 2 aliphatic heterocycles. The van der Waals surface area contributed by atoms with Gasteiger partial charge in [-0.3, -0.25) is 58.7 Å². The maximum Gasteiger partial charge on any atom is 0.238 e. The van der Waals surface area contributed by atoms with Crippen LogP contribution in [-0.2, 0) is 30.4 Å². The molecule has 102 heavy (non-hydrogen) atoms. The molecule has 11 aromatic rings. The minimum Gasteiger partial charge on any atom is -0.326 e. The molecule has 2 saturated carbocycles. The first kappa shape index (κ1) is 73.2. The lowest BCUT2D eigenvalue weighted by molar-refractivity contribution is -0.118. The second-order valence-corrected chi connectivity index (χ2v) is 27.0. The first-order valence-electron chi connectivity index (χ1n) is 35.6. The fourth-order valence-electron chi connectivity index (χ4n) is 12.8. The number of carbonyl (C=O) groups excluding carboxylic acids is 5. The average Bonchev–Trinajstić information content (AvgIpc) is 0.917. The Kier molecular flexibility index (Phi) is 28.2. The van der Waals surface area contributed by atoms with Gasteiger partial charge >= 0.3 is 0 Å². The Morgan fingerprint density at radius 1 is 0.373 bits per heavy atom. The van der Waals surface area contributed by atoms with Gasteiger partial charge in [0.15, 0.2) is 0 Å². The Balaban J connectivity index is 0.000000128. The van der Waals surface area contributed by atoms with Gasteiger partial charge in [-0.1, -0.05) is 68.5 Å². The van der Waals surface area contributed by atoms with Gasteiger partial charge in [-0.15, -0.1) is 11.3 Å². The number of amides is 5. The lowest BCUT2D eigenvalue weighted by atomic mass is 9.95. The van der Waals surface area contributed by atoms with Crippen molar-refractivity contribution >= 4 is 123 Å². The van der Waals surface area contributed by atoms with E-state index in [-0.39, 0.29) is 29.5 Å². The number of anilines is 5. The molecule has 6 aromatic heterocycles. The molecule has 4 fully saturated rings. The first-order valence-corrected chi connectivity index (χ1v) is 36.5. The van der Waals surface area contributed by atoms with Crippen molar-refractivity contribution in [3.63, 3.8) is 0 Å². The highest BCUT2D eigenvalue weighted by atomic mass is 32.1. The third-order valence-corrected chi connectivity index (χ3v) is 19.2. The largest absolute Gasteiger partial charge is 0.326 e. The highest BCUT2D eigenvalue weighted by molar-refractivity contribution is 7.09. The van der Waals surface area contributed by atoms with Crippen LogP contribution in [0.15, 0.2) is 201 Å². The molecule has 21 nitrogen and oxygen atoms in total. The van der Waals surface area contributed by atoms with Crippen LogP contribution in [0.25, 0.3) is 53.9 Å². The number of hydrogen-bond donors (Lipinski definition) is 9. The predicted molar refractivity (Wildman–Crippen MR) is 413 cm³/mol. The van der Waals surface area contributed by atoms with Crippen LogP contribution in [0.5, 0.6) is 0 Å². The molecular formula is C80H92N16O5S. The van der Waals surface area contributed by atoms with Crippen molar-refractivity contribution in [2.75, 3.05) is 105 Å². The number of piperazine rings is 1. The number of pyridine rings is 5. The Hall–Kier alpha value is -10.0. The van der Waals surface area contributed by atoms with E-state index in [2.05, 4.69) is 88.6 Å². The molecule has 9 N–H and O–H groups in total. The maximum absolute atomic E-state index is 12.1. The van der Waals surface area contributed by atoms with Gasteiger partial charge in [0.05, 0.1) is 26.2 Å². The van der Waals surface area contributed by atoms with Crippen LogP contribution < -0.4 is 47.9 Å². The average molecular weight is 1390 g/mol. The molecule has 0 spiro atoms. The maximum atomic E-state index is 12.1. The van der Waals surface area contributed by atoms with Gasteiger partial charge in [-0.2, -0.15) is 0 Å². The number of nitrogens with zero attached hydrogens (tertiary/aromatic N) is 7.